The van der Waals surface area contributed by atoms with Gasteiger partial charge in [-0.25, -0.2) is 9.00 Å². The summed E-state index contributed by atoms with van der Waals surface area (Å²) >= 11 is -1.35. The first kappa shape index (κ1) is 13.5. The van der Waals surface area contributed by atoms with Crippen LogP contribution in [0.2, 0.25) is 0 Å². The molecule has 1 aromatic carbocycles. The van der Waals surface area contributed by atoms with Gasteiger partial charge in [-0.1, -0.05) is 30.3 Å². The molecule has 0 bridgehead atoms. The number of benzene rings is 1. The molecule has 20 heavy (non-hydrogen) atoms. The van der Waals surface area contributed by atoms with Crippen LogP contribution >= 0.6 is 0 Å². The molecule has 2 heterocycles. The van der Waals surface area contributed by atoms with Gasteiger partial charge in [-0.3, -0.25) is 4.18 Å². The van der Waals surface area contributed by atoms with Crippen LogP contribution in [0.3, 0.4) is 0 Å². The third kappa shape index (κ3) is 2.84. The van der Waals surface area contributed by atoms with Crippen molar-refractivity contribution in [2.45, 2.75) is 12.6 Å². The highest BCUT2D eigenvalue weighted by Crippen LogP contribution is 2.20. The summed E-state index contributed by atoms with van der Waals surface area (Å²) in [5.41, 5.74) is 0.963. The van der Waals surface area contributed by atoms with Gasteiger partial charge in [0.1, 0.15) is 6.61 Å². The highest BCUT2D eigenvalue weighted by molar-refractivity contribution is 7.78. The summed E-state index contributed by atoms with van der Waals surface area (Å²) in [6.07, 6.45) is -0.328. The van der Waals surface area contributed by atoms with E-state index < -0.39 is 11.3 Å². The predicted octanol–water partition coefficient (Wildman–Crippen LogP) is 0.918. The monoisotopic (exact) mass is 296 g/mol. The molecule has 0 N–H and O–H groups in total. The van der Waals surface area contributed by atoms with E-state index in [4.69, 9.17) is 8.92 Å². The van der Waals surface area contributed by atoms with Crippen molar-refractivity contribution in [2.24, 2.45) is 0 Å². The number of hydrogen-bond acceptors (Lipinski definition) is 4. The summed E-state index contributed by atoms with van der Waals surface area (Å²) in [4.78, 5) is 13.7. The number of amides is 1. The number of piperazine rings is 1. The Hall–Kier alpha value is -1.44. The first-order chi connectivity index (χ1) is 9.74. The maximum atomic E-state index is 12.0. The molecule has 1 amide bonds. The predicted molar refractivity (Wildman–Crippen MR) is 72.8 cm³/mol. The van der Waals surface area contributed by atoms with Crippen molar-refractivity contribution in [1.82, 2.24) is 9.21 Å². The average molecular weight is 296 g/mol. The zero-order chi connectivity index (χ0) is 13.9. The molecule has 2 fully saturated rings. The van der Waals surface area contributed by atoms with Gasteiger partial charge >= 0.3 is 6.09 Å². The number of carbonyl (C=O) groups excluding carboxylic acids is 1. The number of nitrogens with zero attached hydrogens (tertiary/aromatic N) is 2. The van der Waals surface area contributed by atoms with E-state index in [1.807, 2.05) is 30.3 Å². The third-order valence-corrected chi connectivity index (χ3v) is 4.65. The molecule has 0 saturated carbocycles. The molecule has 0 aromatic heterocycles. The molecular weight excluding hydrogens is 280 g/mol. The average Bonchev–Trinajstić information content (AvgIpc) is 2.87. The van der Waals surface area contributed by atoms with Crippen molar-refractivity contribution in [3.05, 3.63) is 35.9 Å². The van der Waals surface area contributed by atoms with Crippen LogP contribution in [0.15, 0.2) is 30.3 Å². The summed E-state index contributed by atoms with van der Waals surface area (Å²) in [7, 11) is 0. The Morgan fingerprint density at radius 3 is 2.95 bits per heavy atom. The number of rotatable bonds is 2. The van der Waals surface area contributed by atoms with Crippen LogP contribution in [0.4, 0.5) is 4.79 Å². The Labute approximate surface area is 120 Å². The summed E-state index contributed by atoms with van der Waals surface area (Å²) in [6, 6.07) is 9.58. The maximum absolute atomic E-state index is 12.0. The highest BCUT2D eigenvalue weighted by atomic mass is 32.2. The lowest BCUT2D eigenvalue weighted by Crippen LogP contribution is -2.53. The van der Waals surface area contributed by atoms with Crippen LogP contribution in [-0.2, 0) is 26.8 Å². The molecule has 108 valence electrons. The summed E-state index contributed by atoms with van der Waals surface area (Å²) < 4.78 is 23.6. The number of ether oxygens (including phenoxy) is 1. The number of fused-ring (bicyclic) bond motifs is 1. The zero-order valence-electron chi connectivity index (χ0n) is 10.9. The molecule has 0 radical (unpaired) electrons. The molecular formula is C13H16N2O4S. The minimum atomic E-state index is -1.35. The van der Waals surface area contributed by atoms with Crippen molar-refractivity contribution in [3.63, 3.8) is 0 Å². The molecule has 1 aromatic rings. The van der Waals surface area contributed by atoms with Crippen LogP contribution in [0.1, 0.15) is 5.56 Å². The Morgan fingerprint density at radius 1 is 1.35 bits per heavy atom. The van der Waals surface area contributed by atoms with Gasteiger partial charge in [-0.15, -0.1) is 0 Å². The molecule has 6 nitrogen and oxygen atoms in total. The van der Waals surface area contributed by atoms with Gasteiger partial charge in [0.15, 0.2) is 0 Å². The van der Waals surface area contributed by atoms with E-state index in [9.17, 15) is 9.00 Å². The Kier molecular flexibility index (Phi) is 4.00. The first-order valence-electron chi connectivity index (χ1n) is 6.51. The van der Waals surface area contributed by atoms with Gasteiger partial charge in [-0.2, -0.15) is 4.31 Å². The smallest absolute Gasteiger partial charge is 0.410 e. The lowest BCUT2D eigenvalue weighted by atomic mass is 10.2. The fraction of sp³-hybridized carbons (Fsp3) is 0.462. The van der Waals surface area contributed by atoms with Crippen LogP contribution in [0.5, 0.6) is 0 Å². The van der Waals surface area contributed by atoms with E-state index in [0.717, 1.165) is 5.56 Å². The van der Waals surface area contributed by atoms with Crippen molar-refractivity contribution in [1.29, 1.82) is 0 Å². The standard InChI is InChI=1S/C13H16N2O4S/c16-13(18-9-11-4-2-1-3-5-11)14-6-7-15-12(8-14)10-19-20(15)17/h1-5,12H,6-10H2/t12-,20?/m0/s1. The van der Waals surface area contributed by atoms with E-state index in [-0.39, 0.29) is 18.7 Å². The van der Waals surface area contributed by atoms with E-state index in [2.05, 4.69) is 0 Å². The number of carbonyl (C=O) groups is 1. The fourth-order valence-electron chi connectivity index (χ4n) is 2.35. The van der Waals surface area contributed by atoms with Crippen molar-refractivity contribution in [3.8, 4) is 0 Å². The second kappa shape index (κ2) is 5.90. The molecule has 2 saturated heterocycles. The molecule has 2 aliphatic rings. The van der Waals surface area contributed by atoms with Crippen molar-refractivity contribution < 1.29 is 17.9 Å². The molecule has 7 heteroatoms. The van der Waals surface area contributed by atoms with Crippen molar-refractivity contribution in [2.75, 3.05) is 26.2 Å². The van der Waals surface area contributed by atoms with E-state index in [1.165, 1.54) is 0 Å². The van der Waals surface area contributed by atoms with Gasteiger partial charge in [-0.05, 0) is 5.56 Å². The topological polar surface area (TPSA) is 59.1 Å². The molecule has 1 unspecified atom stereocenters. The lowest BCUT2D eigenvalue weighted by Gasteiger charge is -2.33. The Balaban J connectivity index is 1.52. The van der Waals surface area contributed by atoms with Gasteiger partial charge < -0.3 is 9.64 Å². The van der Waals surface area contributed by atoms with Gasteiger partial charge in [0, 0.05) is 19.6 Å². The largest absolute Gasteiger partial charge is 0.445 e. The molecule has 0 aliphatic carbocycles. The summed E-state index contributed by atoms with van der Waals surface area (Å²) in [6.45, 7) is 2.23. The lowest BCUT2D eigenvalue weighted by molar-refractivity contribution is 0.0727. The quantitative estimate of drug-likeness (QED) is 0.814. The third-order valence-electron chi connectivity index (χ3n) is 3.44. The second-order valence-electron chi connectivity index (χ2n) is 4.78. The van der Waals surface area contributed by atoms with E-state index in [0.29, 0.717) is 26.2 Å². The van der Waals surface area contributed by atoms with Crippen LogP contribution < -0.4 is 0 Å². The van der Waals surface area contributed by atoms with Crippen LogP contribution in [-0.4, -0.2) is 51.8 Å². The number of hydrogen-bond donors (Lipinski definition) is 0. The Bertz CT molecular complexity index is 510. The normalized spacial score (nSPS) is 26.3. The zero-order valence-corrected chi connectivity index (χ0v) is 11.8. The SMILES string of the molecule is O=C(OCc1ccccc1)N1CCN2[C@H](COS2=O)C1. The van der Waals surface area contributed by atoms with Gasteiger partial charge in [0.25, 0.3) is 0 Å². The van der Waals surface area contributed by atoms with Gasteiger partial charge in [0.05, 0.1) is 12.6 Å². The Morgan fingerprint density at radius 2 is 2.15 bits per heavy atom. The van der Waals surface area contributed by atoms with E-state index in [1.54, 1.807) is 9.21 Å². The second-order valence-corrected chi connectivity index (χ2v) is 5.92. The molecule has 2 aliphatic heterocycles. The molecule has 0 spiro atoms. The van der Waals surface area contributed by atoms with Gasteiger partial charge in [0.2, 0.25) is 11.3 Å². The minimum Gasteiger partial charge on any atom is -0.445 e. The van der Waals surface area contributed by atoms with E-state index >= 15 is 0 Å². The first-order valence-corrected chi connectivity index (χ1v) is 7.54. The van der Waals surface area contributed by atoms with Crippen LogP contribution in [0, 0.1) is 0 Å². The highest BCUT2D eigenvalue weighted by Gasteiger charge is 2.38. The summed E-state index contributed by atoms with van der Waals surface area (Å²) in [5.74, 6) is 0. The molecule has 2 atom stereocenters. The van der Waals surface area contributed by atoms with Crippen LogP contribution in [0.25, 0.3) is 0 Å². The molecule has 3 rings (SSSR count). The summed E-state index contributed by atoms with van der Waals surface area (Å²) in [5, 5.41) is 0. The minimum absolute atomic E-state index is 0.00820. The van der Waals surface area contributed by atoms with Crippen molar-refractivity contribution >= 4 is 17.4 Å². The maximum Gasteiger partial charge on any atom is 0.410 e. The fourth-order valence-corrected chi connectivity index (χ4v) is 3.36.